The topological polar surface area (TPSA) is 257 Å². The van der Waals surface area contributed by atoms with Crippen molar-refractivity contribution in [2.24, 2.45) is 10.8 Å². The van der Waals surface area contributed by atoms with E-state index in [1.54, 1.807) is 33.3 Å². The Morgan fingerprint density at radius 1 is 0.618 bits per heavy atom. The van der Waals surface area contributed by atoms with E-state index in [1.165, 1.54) is 27.9 Å². The second kappa shape index (κ2) is 26.7. The van der Waals surface area contributed by atoms with Crippen LogP contribution in [0.1, 0.15) is 116 Å². The summed E-state index contributed by atoms with van der Waals surface area (Å²) in [5.41, 5.74) is 0.515. The Morgan fingerprint density at radius 2 is 0.974 bits per heavy atom. The first kappa shape index (κ1) is 59.7. The zero-order chi connectivity index (χ0) is 55.5. The van der Waals surface area contributed by atoms with E-state index in [-0.39, 0.29) is 47.6 Å². The van der Waals surface area contributed by atoms with Crippen molar-refractivity contribution in [2.45, 2.75) is 152 Å². The van der Waals surface area contributed by atoms with Gasteiger partial charge in [0.2, 0.25) is 35.4 Å². The molecule has 4 heterocycles. The fourth-order valence-electron chi connectivity index (χ4n) is 10.4. The van der Waals surface area contributed by atoms with E-state index in [1.807, 2.05) is 88.4 Å². The number of fused-ring (bicyclic) bond motifs is 2. The van der Waals surface area contributed by atoms with Gasteiger partial charge in [-0.2, -0.15) is 0 Å². The molecule has 0 spiro atoms. The van der Waals surface area contributed by atoms with Gasteiger partial charge in [-0.05, 0) is 85.8 Å². The highest BCUT2D eigenvalue weighted by molar-refractivity contribution is 8.00. The molecule has 4 fully saturated rings. The molecular weight excluding hydrogens is 1020 g/mol. The van der Waals surface area contributed by atoms with Crippen LogP contribution in [0, 0.1) is 10.8 Å². The van der Waals surface area contributed by atoms with Gasteiger partial charge in [0.05, 0.1) is 36.0 Å². The molecule has 4 saturated heterocycles. The molecule has 0 aromatic heterocycles. The number of amides is 8. The number of benzene rings is 2. The molecule has 8 amide bonds. The maximum Gasteiger partial charge on any atom is 0.407 e. The molecule has 20 nitrogen and oxygen atoms in total. The van der Waals surface area contributed by atoms with Crippen LogP contribution in [0.15, 0.2) is 60.7 Å². The molecule has 0 radical (unpaired) electrons. The van der Waals surface area contributed by atoms with E-state index >= 15 is 0 Å². The highest BCUT2D eigenvalue weighted by atomic mass is 32.2. The Balaban J connectivity index is 0.987. The van der Waals surface area contributed by atoms with Gasteiger partial charge in [-0.25, -0.2) is 9.59 Å². The Hall–Kier alpha value is -5.58. The lowest BCUT2D eigenvalue weighted by atomic mass is 9.83. The zero-order valence-electron chi connectivity index (χ0n) is 45.0. The Labute approximate surface area is 454 Å². The van der Waals surface area contributed by atoms with Gasteiger partial charge in [-0.15, -0.1) is 23.5 Å². The van der Waals surface area contributed by atoms with E-state index in [9.17, 15) is 48.6 Å². The van der Waals surface area contributed by atoms with Crippen molar-refractivity contribution < 1.29 is 58.0 Å². The van der Waals surface area contributed by atoms with Gasteiger partial charge in [-0.1, -0.05) is 101 Å². The average Bonchev–Trinajstić information content (AvgIpc) is 3.73. The summed E-state index contributed by atoms with van der Waals surface area (Å²) in [6, 6.07) is 12.5. The number of thioether (sulfide) groups is 2. The maximum absolute atomic E-state index is 14.4. The van der Waals surface area contributed by atoms with Crippen molar-refractivity contribution in [3.05, 3.63) is 71.8 Å². The number of carboxylic acid groups (broad SMARTS) is 2. The van der Waals surface area contributed by atoms with Crippen LogP contribution in [0.4, 0.5) is 9.59 Å². The predicted octanol–water partition coefficient (Wildman–Crippen LogP) is 5.44. The van der Waals surface area contributed by atoms with Crippen molar-refractivity contribution in [3.8, 4) is 0 Å². The van der Waals surface area contributed by atoms with Crippen LogP contribution in [0.25, 0.3) is 0 Å². The second-order valence-corrected chi connectivity index (χ2v) is 24.3. The lowest BCUT2D eigenvalue weighted by Crippen LogP contribution is -2.58. The normalized spacial score (nSPS) is 24.3. The molecule has 0 bridgehead atoms. The van der Waals surface area contributed by atoms with E-state index in [4.69, 9.17) is 9.47 Å². The third-order valence-electron chi connectivity index (χ3n) is 15.2. The van der Waals surface area contributed by atoms with Gasteiger partial charge in [0.1, 0.15) is 36.3 Å². The van der Waals surface area contributed by atoms with E-state index in [0.29, 0.717) is 50.4 Å². The van der Waals surface area contributed by atoms with Crippen molar-refractivity contribution in [2.75, 3.05) is 52.0 Å². The number of unbranched alkanes of at least 4 members (excludes halogenated alkanes) is 3. The number of carbonyl (C=O) groups is 8. The molecule has 2 aromatic carbocycles. The summed E-state index contributed by atoms with van der Waals surface area (Å²) >= 11 is 3.15. The molecule has 10 atom stereocenters. The molecule has 4 aliphatic heterocycles. The molecule has 6 rings (SSSR count). The monoisotopic (exact) mass is 1090 g/mol. The van der Waals surface area contributed by atoms with Gasteiger partial charge in [0, 0.05) is 27.3 Å². The summed E-state index contributed by atoms with van der Waals surface area (Å²) in [4.78, 5) is 112. The van der Waals surface area contributed by atoms with Crippen LogP contribution < -0.4 is 21.3 Å². The number of hydrogen-bond acceptors (Lipinski definition) is 12. The Morgan fingerprint density at radius 3 is 1.32 bits per heavy atom. The first-order valence-electron chi connectivity index (χ1n) is 26.3. The quantitative estimate of drug-likeness (QED) is 0.0758. The van der Waals surface area contributed by atoms with Crippen LogP contribution in [0.5, 0.6) is 0 Å². The van der Waals surface area contributed by atoms with E-state index in [2.05, 4.69) is 21.3 Å². The van der Waals surface area contributed by atoms with Crippen LogP contribution in [-0.4, -0.2) is 176 Å². The summed E-state index contributed by atoms with van der Waals surface area (Å²) in [5.74, 6) is -1.41. The first-order chi connectivity index (χ1) is 36.0. The summed E-state index contributed by atoms with van der Waals surface area (Å²) in [7, 11) is 2.59. The summed E-state index contributed by atoms with van der Waals surface area (Å²) in [5, 5.41) is 30.2. The third-order valence-corrected chi connectivity index (χ3v) is 17.7. The van der Waals surface area contributed by atoms with E-state index in [0.717, 1.165) is 46.6 Å². The maximum atomic E-state index is 14.4. The van der Waals surface area contributed by atoms with Gasteiger partial charge in [-0.3, -0.25) is 38.6 Å². The number of hydrogen-bond donors (Lipinski definition) is 6. The summed E-state index contributed by atoms with van der Waals surface area (Å²) < 4.78 is 12.4. The molecule has 2 aromatic rings. The van der Waals surface area contributed by atoms with Crippen molar-refractivity contribution in [3.63, 3.8) is 0 Å². The molecule has 0 aliphatic carbocycles. The largest absolute Gasteiger partial charge is 0.465 e. The van der Waals surface area contributed by atoms with E-state index < -0.39 is 83.2 Å². The van der Waals surface area contributed by atoms with Crippen molar-refractivity contribution in [1.29, 1.82) is 0 Å². The van der Waals surface area contributed by atoms with Gasteiger partial charge < -0.3 is 50.8 Å². The molecule has 4 aliphatic rings. The third kappa shape index (κ3) is 14.7. The average molecular weight is 1100 g/mol. The minimum atomic E-state index is -1.26. The fraction of sp³-hybridized carbons (Fsp3) is 0.630. The van der Waals surface area contributed by atoms with Crippen molar-refractivity contribution >= 4 is 71.2 Å². The predicted molar refractivity (Wildman–Crippen MR) is 289 cm³/mol. The van der Waals surface area contributed by atoms with Crippen LogP contribution >= 0.6 is 23.5 Å². The van der Waals surface area contributed by atoms with Gasteiger partial charge in [0.15, 0.2) is 0 Å². The summed E-state index contributed by atoms with van der Waals surface area (Å²) in [6.45, 7) is 12.1. The Bertz CT molecular complexity index is 2210. The standard InChI is InChI=1S/C54H78N8O12S2/c1-33(59(7)51(69)70)45(63)55-37-23-27-75-41-29-53(3,4)43(61(41)49(37)67)47(65)57-39(35-19-13-11-14-20-35)31-73-25-17-9-10-18-26-74-32-40(36-21-15-12-16-22-36)58-48(66)44-54(5,6)30-42-62(44)50(68)38(24-28-76-42)56-46(64)34(2)60(8)52(71)72/h11-16,19-22,33-34,37-44H,9-10,17-18,23-32H2,1-8H3,(H,55,63)(H,56,64)(H,57,65)(H,58,66)(H,69,70)(H,71,72)/t33?,34?,37-,38-,39?,40?,41-,42-,43+,44+/m0/s1. The van der Waals surface area contributed by atoms with Gasteiger partial charge >= 0.3 is 12.2 Å². The number of carbonyl (C=O) groups excluding carboxylic acids is 6. The molecular formula is C54H78N8O12S2. The molecule has 22 heteroatoms. The lowest BCUT2D eigenvalue weighted by molar-refractivity contribution is -0.144. The molecule has 418 valence electrons. The number of nitrogens with one attached hydrogen (secondary N) is 4. The highest BCUT2D eigenvalue weighted by Crippen LogP contribution is 2.48. The van der Waals surface area contributed by atoms with Crippen LogP contribution in [-0.2, 0) is 38.2 Å². The van der Waals surface area contributed by atoms with Gasteiger partial charge in [0.25, 0.3) is 0 Å². The fourth-order valence-corrected chi connectivity index (χ4v) is 13.6. The number of nitrogens with zero attached hydrogens (tertiary/aromatic N) is 4. The number of ether oxygens (including phenoxy) is 2. The summed E-state index contributed by atoms with van der Waals surface area (Å²) in [6.07, 6.45) is 2.55. The van der Waals surface area contributed by atoms with Crippen molar-refractivity contribution in [1.82, 2.24) is 40.9 Å². The van der Waals surface area contributed by atoms with Crippen LogP contribution in [0.2, 0.25) is 0 Å². The second-order valence-electron chi connectivity index (χ2n) is 21.7. The highest BCUT2D eigenvalue weighted by Gasteiger charge is 2.56. The molecule has 6 N–H and O–H groups in total. The van der Waals surface area contributed by atoms with Crippen LogP contribution in [0.3, 0.4) is 0 Å². The number of rotatable bonds is 23. The number of likely N-dealkylation sites (N-methyl/N-ethyl adjacent to an activating group) is 2. The Kier molecular flexibility index (Phi) is 20.9. The lowest BCUT2D eigenvalue weighted by Gasteiger charge is -2.35. The zero-order valence-corrected chi connectivity index (χ0v) is 46.7. The molecule has 4 unspecified atom stereocenters. The minimum Gasteiger partial charge on any atom is -0.465 e. The smallest absolute Gasteiger partial charge is 0.407 e. The first-order valence-corrected chi connectivity index (χ1v) is 28.4. The minimum absolute atomic E-state index is 0.199. The molecule has 0 saturated carbocycles. The SMILES string of the molecule is CC(C(=O)N[C@H]1CCS[C@H]2CC(C)(C)[C@@H](C(=O)NC(COCCCCCCOCC(NC(=O)[C@H]3N4C(=O)[C@@H](NC(=O)C(C)N(C)C(=O)O)CCS[C@H]4CC3(C)C)c3ccccc3)c3ccccc3)N2C1=O)N(C)C(=O)O. The molecule has 76 heavy (non-hydrogen) atoms.